The molecular weight excluding hydrogens is 310 g/mol. The van der Waals surface area contributed by atoms with Crippen LogP contribution in [0.25, 0.3) is 0 Å². The van der Waals surface area contributed by atoms with Gasteiger partial charge in [0.1, 0.15) is 5.54 Å². The van der Waals surface area contributed by atoms with Crippen molar-refractivity contribution in [1.29, 1.82) is 0 Å². The van der Waals surface area contributed by atoms with Crippen LogP contribution in [0.4, 0.5) is 0 Å². The second kappa shape index (κ2) is 4.98. The number of rotatable bonds is 1. The predicted molar refractivity (Wildman–Crippen MR) is 83.1 cm³/mol. The first-order valence-electron chi connectivity index (χ1n) is 8.01. The first-order chi connectivity index (χ1) is 11.4. The molecule has 3 aliphatic rings. The van der Waals surface area contributed by atoms with Gasteiger partial charge in [-0.15, -0.1) is 0 Å². The third kappa shape index (κ3) is 1.94. The number of imide groups is 2. The van der Waals surface area contributed by atoms with Crippen molar-refractivity contribution in [3.8, 4) is 0 Å². The fraction of sp³-hybridized carbons (Fsp3) is 0.412. The van der Waals surface area contributed by atoms with Crippen molar-refractivity contribution in [3.05, 3.63) is 34.4 Å². The van der Waals surface area contributed by atoms with E-state index >= 15 is 0 Å². The number of benzene rings is 1. The lowest BCUT2D eigenvalue weighted by molar-refractivity contribution is -0.140. The Labute approximate surface area is 138 Å². The number of piperidine rings is 1. The van der Waals surface area contributed by atoms with Crippen LogP contribution in [0, 0.1) is 0 Å². The first kappa shape index (κ1) is 15.0. The Morgan fingerprint density at radius 1 is 1.00 bits per heavy atom. The van der Waals surface area contributed by atoms with E-state index in [0.717, 1.165) is 29.0 Å². The van der Waals surface area contributed by atoms with Crippen molar-refractivity contribution in [2.75, 3.05) is 6.54 Å². The Morgan fingerprint density at radius 3 is 2.33 bits per heavy atom. The lowest BCUT2D eigenvalue weighted by Gasteiger charge is -2.38. The van der Waals surface area contributed by atoms with Crippen LogP contribution in [-0.2, 0) is 22.6 Å². The Balaban J connectivity index is 1.77. The maximum atomic E-state index is 12.8. The molecule has 1 unspecified atom stereocenters. The van der Waals surface area contributed by atoms with Gasteiger partial charge in [0.05, 0.1) is 11.1 Å². The van der Waals surface area contributed by atoms with Crippen LogP contribution in [-0.4, -0.2) is 40.6 Å². The highest BCUT2D eigenvalue weighted by atomic mass is 16.2. The maximum absolute atomic E-state index is 12.8. The zero-order chi connectivity index (χ0) is 17.1. The molecule has 3 aliphatic heterocycles. The molecule has 3 heterocycles. The van der Waals surface area contributed by atoms with Gasteiger partial charge < -0.3 is 5.32 Å². The van der Waals surface area contributed by atoms with Gasteiger partial charge >= 0.3 is 0 Å². The molecule has 0 radical (unpaired) electrons. The van der Waals surface area contributed by atoms with Crippen LogP contribution < -0.4 is 10.6 Å². The summed E-state index contributed by atoms with van der Waals surface area (Å²) in [7, 11) is 0. The summed E-state index contributed by atoms with van der Waals surface area (Å²) in [5, 5.41) is 5.48. The maximum Gasteiger partial charge on any atom is 0.262 e. The molecule has 4 amide bonds. The molecule has 1 atom stereocenters. The van der Waals surface area contributed by atoms with Crippen molar-refractivity contribution in [3.63, 3.8) is 0 Å². The summed E-state index contributed by atoms with van der Waals surface area (Å²) >= 11 is 0. The fourth-order valence-corrected chi connectivity index (χ4v) is 3.68. The minimum atomic E-state index is -1.33. The summed E-state index contributed by atoms with van der Waals surface area (Å²) in [4.78, 5) is 50.4. The molecule has 0 aliphatic carbocycles. The number of nitrogens with zero attached hydrogens (tertiary/aromatic N) is 1. The molecule has 0 saturated carbocycles. The summed E-state index contributed by atoms with van der Waals surface area (Å²) in [6.45, 7) is 3.04. The molecule has 1 aromatic rings. The monoisotopic (exact) mass is 327 g/mol. The standard InChI is InChI=1S/C17H17N3O4/c1-17(4-2-13(21)19-16(17)24)20-14(22)11-6-9-3-5-18-8-10(9)7-12(11)15(20)23/h6-7,18H,2-5,8H2,1H3,(H,19,21,24). The molecule has 2 N–H and O–H groups in total. The molecule has 1 saturated heterocycles. The fourth-order valence-electron chi connectivity index (χ4n) is 3.68. The molecule has 0 spiro atoms. The van der Waals surface area contributed by atoms with Gasteiger partial charge in [-0.05, 0) is 49.6 Å². The molecule has 7 heteroatoms. The van der Waals surface area contributed by atoms with E-state index in [1.807, 2.05) is 0 Å². The van der Waals surface area contributed by atoms with E-state index in [-0.39, 0.29) is 18.7 Å². The molecule has 24 heavy (non-hydrogen) atoms. The van der Waals surface area contributed by atoms with E-state index in [9.17, 15) is 19.2 Å². The van der Waals surface area contributed by atoms with Crippen LogP contribution in [0.2, 0.25) is 0 Å². The van der Waals surface area contributed by atoms with E-state index in [4.69, 9.17) is 0 Å². The largest absolute Gasteiger partial charge is 0.312 e. The molecule has 7 nitrogen and oxygen atoms in total. The van der Waals surface area contributed by atoms with Crippen molar-refractivity contribution < 1.29 is 19.2 Å². The van der Waals surface area contributed by atoms with Crippen molar-refractivity contribution in [1.82, 2.24) is 15.5 Å². The molecular formula is C17H17N3O4. The SMILES string of the molecule is CC1(N2C(=O)c3cc4c(cc3C2=O)CNCC4)CCC(=O)NC1=O. The second-order valence-electron chi connectivity index (χ2n) is 6.69. The number of hydrogen-bond donors (Lipinski definition) is 2. The second-order valence-corrected chi connectivity index (χ2v) is 6.69. The first-order valence-corrected chi connectivity index (χ1v) is 8.01. The average molecular weight is 327 g/mol. The third-order valence-corrected chi connectivity index (χ3v) is 5.17. The zero-order valence-corrected chi connectivity index (χ0v) is 13.3. The van der Waals surface area contributed by atoms with E-state index in [1.165, 1.54) is 6.92 Å². The Hall–Kier alpha value is -2.54. The predicted octanol–water partition coefficient (Wildman–Crippen LogP) is 0.124. The van der Waals surface area contributed by atoms with Gasteiger partial charge in [0.25, 0.3) is 17.7 Å². The summed E-state index contributed by atoms with van der Waals surface area (Å²) in [5.74, 6) is -1.89. The molecule has 4 rings (SSSR count). The smallest absolute Gasteiger partial charge is 0.262 e. The summed E-state index contributed by atoms with van der Waals surface area (Å²) in [5.41, 5.74) is 1.43. The zero-order valence-electron chi connectivity index (χ0n) is 13.3. The van der Waals surface area contributed by atoms with Crippen molar-refractivity contribution in [2.45, 2.75) is 38.3 Å². The van der Waals surface area contributed by atoms with Crippen LogP contribution >= 0.6 is 0 Å². The van der Waals surface area contributed by atoms with Crippen LogP contribution in [0.1, 0.15) is 51.6 Å². The van der Waals surface area contributed by atoms with Gasteiger partial charge in [0.2, 0.25) is 5.91 Å². The number of nitrogens with one attached hydrogen (secondary N) is 2. The lowest BCUT2D eigenvalue weighted by Crippen LogP contribution is -2.62. The van der Waals surface area contributed by atoms with Crippen LogP contribution in [0.5, 0.6) is 0 Å². The van der Waals surface area contributed by atoms with Gasteiger partial charge in [-0.2, -0.15) is 0 Å². The Kier molecular flexibility index (Phi) is 3.11. The minimum Gasteiger partial charge on any atom is -0.312 e. The van der Waals surface area contributed by atoms with Crippen molar-refractivity contribution in [2.24, 2.45) is 0 Å². The normalized spacial score (nSPS) is 26.3. The topological polar surface area (TPSA) is 95.6 Å². The van der Waals surface area contributed by atoms with Crippen molar-refractivity contribution >= 4 is 23.6 Å². The Bertz CT molecular complexity index is 771. The van der Waals surface area contributed by atoms with Crippen LogP contribution in [0.15, 0.2) is 12.1 Å². The molecule has 0 aromatic heterocycles. The molecule has 0 bridgehead atoms. The lowest BCUT2D eigenvalue weighted by atomic mass is 9.89. The number of carbonyl (C=O) groups excluding carboxylic acids is 4. The highest BCUT2D eigenvalue weighted by molar-refractivity contribution is 6.24. The average Bonchev–Trinajstić information content (AvgIpc) is 2.81. The van der Waals surface area contributed by atoms with E-state index in [2.05, 4.69) is 10.6 Å². The molecule has 1 fully saturated rings. The van der Waals surface area contributed by atoms with Gasteiger partial charge in [0, 0.05) is 13.0 Å². The van der Waals surface area contributed by atoms with E-state index in [1.54, 1.807) is 12.1 Å². The summed E-state index contributed by atoms with van der Waals surface area (Å²) in [6.07, 6.45) is 1.05. The number of hydrogen-bond acceptors (Lipinski definition) is 5. The third-order valence-electron chi connectivity index (χ3n) is 5.17. The van der Waals surface area contributed by atoms with Gasteiger partial charge in [0.15, 0.2) is 0 Å². The highest BCUT2D eigenvalue weighted by Crippen LogP contribution is 2.35. The number of carbonyl (C=O) groups is 4. The van der Waals surface area contributed by atoms with E-state index < -0.39 is 23.3 Å². The highest BCUT2D eigenvalue weighted by Gasteiger charge is 2.52. The summed E-state index contributed by atoms with van der Waals surface area (Å²) in [6, 6.07) is 3.54. The van der Waals surface area contributed by atoms with Gasteiger partial charge in [-0.25, -0.2) is 0 Å². The summed E-state index contributed by atoms with van der Waals surface area (Å²) < 4.78 is 0. The van der Waals surface area contributed by atoms with Gasteiger partial charge in [-0.1, -0.05) is 0 Å². The van der Waals surface area contributed by atoms with Crippen LogP contribution in [0.3, 0.4) is 0 Å². The quantitative estimate of drug-likeness (QED) is 0.715. The van der Waals surface area contributed by atoms with Gasteiger partial charge in [-0.3, -0.25) is 29.4 Å². The molecule has 1 aromatic carbocycles. The molecule has 124 valence electrons. The number of fused-ring (bicyclic) bond motifs is 2. The minimum absolute atomic E-state index is 0.107. The number of amides is 4. The van der Waals surface area contributed by atoms with E-state index in [0.29, 0.717) is 17.7 Å². The Morgan fingerprint density at radius 2 is 1.67 bits per heavy atom.